The van der Waals surface area contributed by atoms with Crippen LogP contribution in [0, 0.1) is 0 Å². The van der Waals surface area contributed by atoms with E-state index in [1.54, 1.807) is 18.9 Å². The van der Waals surface area contributed by atoms with E-state index in [1.165, 1.54) is 12.8 Å². The molecule has 0 radical (unpaired) electrons. The smallest absolute Gasteiger partial charge is 0.226 e. The van der Waals surface area contributed by atoms with E-state index in [0.717, 1.165) is 30.9 Å². The molecule has 2 aromatic heterocycles. The molecule has 1 aliphatic heterocycles. The van der Waals surface area contributed by atoms with E-state index in [1.807, 2.05) is 28.9 Å². The number of hydrogen-bond donors (Lipinski definition) is 0. The molecule has 0 aliphatic carbocycles. The van der Waals surface area contributed by atoms with Crippen LogP contribution in [-0.4, -0.2) is 37.2 Å². The van der Waals surface area contributed by atoms with Crippen molar-refractivity contribution in [2.24, 2.45) is 0 Å². The average molecular weight is 344 g/mol. The summed E-state index contributed by atoms with van der Waals surface area (Å²) in [7, 11) is 0. The lowest BCUT2D eigenvalue weighted by atomic mass is 10.2. The van der Waals surface area contributed by atoms with Crippen molar-refractivity contribution in [3.05, 3.63) is 53.9 Å². The van der Waals surface area contributed by atoms with Crippen LogP contribution in [0.15, 0.2) is 47.6 Å². The van der Waals surface area contributed by atoms with Gasteiger partial charge in [-0.05, 0) is 43.7 Å². The zero-order valence-corrected chi connectivity index (χ0v) is 13.9. The molecule has 24 heavy (non-hydrogen) atoms. The van der Waals surface area contributed by atoms with Crippen molar-refractivity contribution in [2.75, 3.05) is 6.54 Å². The summed E-state index contributed by atoms with van der Waals surface area (Å²) in [5.74, 6) is 0.633. The van der Waals surface area contributed by atoms with Gasteiger partial charge >= 0.3 is 0 Å². The Kier molecular flexibility index (Phi) is 4.32. The fourth-order valence-electron chi connectivity index (χ4n) is 3.17. The van der Waals surface area contributed by atoms with Crippen LogP contribution in [0.4, 0.5) is 0 Å². The van der Waals surface area contributed by atoms with Gasteiger partial charge in [0.2, 0.25) is 5.89 Å². The summed E-state index contributed by atoms with van der Waals surface area (Å²) in [6.07, 6.45) is 7.46. The molecule has 6 nitrogen and oxygen atoms in total. The summed E-state index contributed by atoms with van der Waals surface area (Å²) >= 11 is 5.92. The van der Waals surface area contributed by atoms with E-state index < -0.39 is 0 Å². The van der Waals surface area contributed by atoms with Crippen molar-refractivity contribution in [3.8, 4) is 11.5 Å². The molecule has 1 fully saturated rings. The zero-order chi connectivity index (χ0) is 16.4. The predicted octanol–water partition coefficient (Wildman–Crippen LogP) is 3.25. The van der Waals surface area contributed by atoms with Gasteiger partial charge in [-0.1, -0.05) is 11.6 Å². The van der Waals surface area contributed by atoms with E-state index in [0.29, 0.717) is 17.0 Å². The molecule has 1 atom stereocenters. The molecule has 0 amide bonds. The maximum absolute atomic E-state index is 5.92. The van der Waals surface area contributed by atoms with Crippen molar-refractivity contribution in [1.82, 2.24) is 24.6 Å². The molecule has 1 aromatic carbocycles. The minimum absolute atomic E-state index is 0.461. The third-order valence-electron chi connectivity index (χ3n) is 4.37. The molecule has 3 aromatic rings. The summed E-state index contributed by atoms with van der Waals surface area (Å²) in [4.78, 5) is 11.1. The maximum Gasteiger partial charge on any atom is 0.226 e. The van der Waals surface area contributed by atoms with Gasteiger partial charge in [-0.15, -0.1) is 0 Å². The first kappa shape index (κ1) is 15.4. The summed E-state index contributed by atoms with van der Waals surface area (Å²) in [6, 6.07) is 7.98. The Morgan fingerprint density at radius 1 is 1.25 bits per heavy atom. The fourth-order valence-corrected chi connectivity index (χ4v) is 3.29. The highest BCUT2D eigenvalue weighted by atomic mass is 35.5. The average Bonchev–Trinajstić information content (AvgIpc) is 3.32. The number of likely N-dealkylation sites (tertiary alicyclic amines) is 1. The maximum atomic E-state index is 5.92. The predicted molar refractivity (Wildman–Crippen MR) is 90.4 cm³/mol. The first-order valence-corrected chi connectivity index (χ1v) is 8.42. The second kappa shape index (κ2) is 6.75. The van der Waals surface area contributed by atoms with Crippen molar-refractivity contribution in [1.29, 1.82) is 0 Å². The van der Waals surface area contributed by atoms with Crippen molar-refractivity contribution in [3.63, 3.8) is 0 Å². The minimum Gasteiger partial charge on any atom is -0.444 e. The van der Waals surface area contributed by atoms with Crippen molar-refractivity contribution < 1.29 is 4.42 Å². The number of rotatable bonds is 5. The Balaban J connectivity index is 1.44. The first-order chi connectivity index (χ1) is 11.8. The van der Waals surface area contributed by atoms with E-state index >= 15 is 0 Å². The van der Waals surface area contributed by atoms with Crippen LogP contribution in [0.1, 0.15) is 18.5 Å². The molecule has 7 heteroatoms. The summed E-state index contributed by atoms with van der Waals surface area (Å²) in [5, 5.41) is 4.91. The summed E-state index contributed by atoms with van der Waals surface area (Å²) in [5.41, 5.74) is 1.89. The minimum atomic E-state index is 0.461. The van der Waals surface area contributed by atoms with E-state index in [2.05, 4.69) is 20.0 Å². The summed E-state index contributed by atoms with van der Waals surface area (Å²) < 4.78 is 7.53. The lowest BCUT2D eigenvalue weighted by molar-refractivity contribution is 0.216. The van der Waals surface area contributed by atoms with E-state index in [4.69, 9.17) is 16.0 Å². The van der Waals surface area contributed by atoms with Gasteiger partial charge in [0.15, 0.2) is 0 Å². The second-order valence-corrected chi connectivity index (χ2v) is 6.47. The number of oxazole rings is 1. The topological polar surface area (TPSA) is 60.0 Å². The Morgan fingerprint density at radius 3 is 2.92 bits per heavy atom. The SMILES string of the molecule is Clc1ccc(-c2nc(CN3CCC[C@@H]3Cn3cncn3)co2)cc1. The first-order valence-electron chi connectivity index (χ1n) is 8.05. The molecular formula is C17H18ClN5O. The molecule has 0 unspecified atom stereocenters. The lowest BCUT2D eigenvalue weighted by Crippen LogP contribution is -2.32. The van der Waals surface area contributed by atoms with Gasteiger partial charge in [0.05, 0.1) is 12.2 Å². The molecule has 0 spiro atoms. The normalized spacial score (nSPS) is 18.3. The third-order valence-corrected chi connectivity index (χ3v) is 4.62. The lowest BCUT2D eigenvalue weighted by Gasteiger charge is -2.23. The van der Waals surface area contributed by atoms with Gasteiger partial charge in [0.1, 0.15) is 18.9 Å². The van der Waals surface area contributed by atoms with Crippen LogP contribution in [0.25, 0.3) is 11.5 Å². The fraction of sp³-hybridized carbons (Fsp3) is 0.353. The van der Waals surface area contributed by atoms with Crippen LogP contribution in [0.2, 0.25) is 5.02 Å². The van der Waals surface area contributed by atoms with Crippen LogP contribution in [-0.2, 0) is 13.1 Å². The molecular weight excluding hydrogens is 326 g/mol. The molecule has 0 N–H and O–H groups in total. The molecule has 0 bridgehead atoms. The van der Waals surface area contributed by atoms with Crippen molar-refractivity contribution >= 4 is 11.6 Å². The van der Waals surface area contributed by atoms with Gasteiger partial charge < -0.3 is 4.42 Å². The van der Waals surface area contributed by atoms with Gasteiger partial charge in [-0.25, -0.2) is 9.97 Å². The Morgan fingerprint density at radius 2 is 2.12 bits per heavy atom. The molecule has 1 aliphatic rings. The van der Waals surface area contributed by atoms with Crippen LogP contribution in [0.5, 0.6) is 0 Å². The third kappa shape index (κ3) is 3.34. The van der Waals surface area contributed by atoms with Crippen LogP contribution >= 0.6 is 11.6 Å². The number of halogens is 1. The Bertz CT molecular complexity index is 784. The van der Waals surface area contributed by atoms with Crippen LogP contribution in [0.3, 0.4) is 0 Å². The van der Waals surface area contributed by atoms with Gasteiger partial charge in [-0.3, -0.25) is 9.58 Å². The van der Waals surface area contributed by atoms with E-state index in [-0.39, 0.29) is 0 Å². The monoisotopic (exact) mass is 343 g/mol. The summed E-state index contributed by atoms with van der Waals surface area (Å²) in [6.45, 7) is 2.72. The van der Waals surface area contributed by atoms with Gasteiger partial charge in [0, 0.05) is 23.2 Å². The largest absolute Gasteiger partial charge is 0.444 e. The standard InChI is InChI=1S/C17H18ClN5O/c18-14-5-3-13(4-6-14)17-21-15(10-24-17)8-22-7-1-2-16(22)9-23-12-19-11-20-23/h3-6,10-12,16H,1-2,7-9H2/t16-/m1/s1. The second-order valence-electron chi connectivity index (χ2n) is 6.03. The number of benzene rings is 1. The Hall–Kier alpha value is -2.18. The van der Waals surface area contributed by atoms with Gasteiger partial charge in [0.25, 0.3) is 0 Å². The number of nitrogens with zero attached hydrogens (tertiary/aromatic N) is 5. The van der Waals surface area contributed by atoms with E-state index in [9.17, 15) is 0 Å². The molecule has 0 saturated carbocycles. The molecule has 3 heterocycles. The van der Waals surface area contributed by atoms with Crippen molar-refractivity contribution in [2.45, 2.75) is 32.0 Å². The highest BCUT2D eigenvalue weighted by Crippen LogP contribution is 2.24. The number of aromatic nitrogens is 4. The molecule has 1 saturated heterocycles. The number of hydrogen-bond acceptors (Lipinski definition) is 5. The molecule has 4 rings (SSSR count). The molecule has 124 valence electrons. The highest BCUT2D eigenvalue weighted by molar-refractivity contribution is 6.30. The quantitative estimate of drug-likeness (QED) is 0.711. The highest BCUT2D eigenvalue weighted by Gasteiger charge is 2.26. The van der Waals surface area contributed by atoms with Crippen LogP contribution < -0.4 is 0 Å². The zero-order valence-electron chi connectivity index (χ0n) is 13.2. The Labute approximate surface area is 145 Å². The van der Waals surface area contributed by atoms with Gasteiger partial charge in [-0.2, -0.15) is 5.10 Å².